The largest absolute Gasteiger partial charge is 0.319 e. The number of rotatable bonds is 9. The number of benzene rings is 3. The molecule has 0 aliphatic heterocycles. The van der Waals surface area contributed by atoms with E-state index in [9.17, 15) is 4.79 Å². The standard InChI is InChI=1S/C29H26N8OS/c1-2-3-13-24-30-25-26(28(38)33-34-29(25)39-21-9-5-4-6-10-21)37(24)18-19-14-16-20(17-15-19)22-11-7-8-12-23(22)27-31-35-36-32-27/h4-12,14-17H,2-3,13,18H2,1H3,(H,33,38)(H,31,32,35,36). The Labute approximate surface area is 228 Å². The molecule has 9 nitrogen and oxygen atoms in total. The third-order valence-electron chi connectivity index (χ3n) is 6.55. The zero-order chi connectivity index (χ0) is 26.6. The summed E-state index contributed by atoms with van der Waals surface area (Å²) in [6.07, 6.45) is 2.82. The number of imidazole rings is 1. The first kappa shape index (κ1) is 24.7. The van der Waals surface area contributed by atoms with Crippen molar-refractivity contribution in [3.8, 4) is 22.5 Å². The molecule has 3 aromatic heterocycles. The van der Waals surface area contributed by atoms with Gasteiger partial charge in [-0.15, -0.1) is 10.2 Å². The van der Waals surface area contributed by atoms with Gasteiger partial charge in [0.2, 0.25) is 5.82 Å². The Morgan fingerprint density at radius 1 is 0.897 bits per heavy atom. The van der Waals surface area contributed by atoms with E-state index in [1.807, 2.05) is 59.2 Å². The van der Waals surface area contributed by atoms with Crippen LogP contribution >= 0.6 is 11.8 Å². The maximum atomic E-state index is 13.1. The number of hydrogen-bond acceptors (Lipinski definition) is 7. The first-order chi connectivity index (χ1) is 19.2. The molecule has 0 unspecified atom stereocenters. The lowest BCUT2D eigenvalue weighted by atomic mass is 9.98. The Bertz CT molecular complexity index is 1760. The molecule has 0 bridgehead atoms. The summed E-state index contributed by atoms with van der Waals surface area (Å²) in [6, 6.07) is 26.3. The third kappa shape index (κ3) is 5.10. The van der Waals surface area contributed by atoms with Gasteiger partial charge >= 0.3 is 0 Å². The molecule has 0 aliphatic rings. The van der Waals surface area contributed by atoms with Gasteiger partial charge in [-0.1, -0.05) is 91.8 Å². The number of H-pyrrole nitrogens is 2. The molecule has 0 spiro atoms. The van der Waals surface area contributed by atoms with Gasteiger partial charge in [0.25, 0.3) is 5.56 Å². The first-order valence-corrected chi connectivity index (χ1v) is 13.7. The highest BCUT2D eigenvalue weighted by molar-refractivity contribution is 7.99. The fourth-order valence-corrected chi connectivity index (χ4v) is 5.48. The molecule has 0 fully saturated rings. The minimum absolute atomic E-state index is 0.233. The molecule has 0 aliphatic carbocycles. The lowest BCUT2D eigenvalue weighted by molar-refractivity contribution is 0.688. The number of tetrazole rings is 1. The van der Waals surface area contributed by atoms with Crippen molar-refractivity contribution < 1.29 is 0 Å². The van der Waals surface area contributed by atoms with Crippen molar-refractivity contribution in [2.75, 3.05) is 0 Å². The summed E-state index contributed by atoms with van der Waals surface area (Å²) in [4.78, 5) is 19.0. The maximum Gasteiger partial charge on any atom is 0.290 e. The molecule has 39 heavy (non-hydrogen) atoms. The van der Waals surface area contributed by atoms with Gasteiger partial charge in [0.15, 0.2) is 0 Å². The van der Waals surface area contributed by atoms with Gasteiger partial charge < -0.3 is 4.57 Å². The average molecular weight is 535 g/mol. The molecule has 194 valence electrons. The minimum atomic E-state index is -0.233. The second-order valence-electron chi connectivity index (χ2n) is 9.17. The molecule has 0 radical (unpaired) electrons. The van der Waals surface area contributed by atoms with Crippen LogP contribution in [0.3, 0.4) is 0 Å². The van der Waals surface area contributed by atoms with Crippen molar-refractivity contribution in [1.29, 1.82) is 0 Å². The van der Waals surface area contributed by atoms with Crippen molar-refractivity contribution >= 4 is 22.8 Å². The summed E-state index contributed by atoms with van der Waals surface area (Å²) in [7, 11) is 0. The van der Waals surface area contributed by atoms with Gasteiger partial charge in [0, 0.05) is 23.4 Å². The lowest BCUT2D eigenvalue weighted by Crippen LogP contribution is -2.15. The molecule has 3 aromatic carbocycles. The van der Waals surface area contributed by atoms with Crippen molar-refractivity contribution in [1.82, 2.24) is 40.4 Å². The monoisotopic (exact) mass is 534 g/mol. The Hall–Kier alpha value is -4.57. The number of unbranched alkanes of at least 4 members (excludes halogenated alkanes) is 1. The quantitative estimate of drug-likeness (QED) is 0.251. The molecule has 0 atom stereocenters. The average Bonchev–Trinajstić information content (AvgIpc) is 3.64. The third-order valence-corrected chi connectivity index (χ3v) is 7.54. The van der Waals surface area contributed by atoms with E-state index in [2.05, 4.69) is 62.0 Å². The van der Waals surface area contributed by atoms with E-state index in [1.165, 1.54) is 11.8 Å². The van der Waals surface area contributed by atoms with Crippen LogP contribution < -0.4 is 5.56 Å². The smallest absolute Gasteiger partial charge is 0.290 e. The van der Waals surface area contributed by atoms with Crippen LogP contribution in [0, 0.1) is 0 Å². The number of nitrogens with one attached hydrogen (secondary N) is 2. The molecular formula is C29H26N8OS. The van der Waals surface area contributed by atoms with Crippen molar-refractivity contribution in [3.05, 3.63) is 101 Å². The number of aromatic nitrogens is 8. The van der Waals surface area contributed by atoms with E-state index in [0.717, 1.165) is 52.2 Å². The van der Waals surface area contributed by atoms with E-state index >= 15 is 0 Å². The number of fused-ring (bicyclic) bond motifs is 1. The van der Waals surface area contributed by atoms with E-state index in [0.29, 0.717) is 28.4 Å². The summed E-state index contributed by atoms with van der Waals surface area (Å²) < 4.78 is 2.04. The maximum absolute atomic E-state index is 13.1. The second-order valence-corrected chi connectivity index (χ2v) is 10.2. The van der Waals surface area contributed by atoms with Gasteiger partial charge in [-0.2, -0.15) is 10.3 Å². The molecule has 0 amide bonds. The number of nitrogens with zero attached hydrogens (tertiary/aromatic N) is 6. The number of aromatic amines is 2. The highest BCUT2D eigenvalue weighted by Gasteiger charge is 2.19. The summed E-state index contributed by atoms with van der Waals surface area (Å²) >= 11 is 1.50. The number of hydrogen-bond donors (Lipinski definition) is 2. The van der Waals surface area contributed by atoms with Crippen LogP contribution in [0.5, 0.6) is 0 Å². The SMILES string of the molecule is CCCCc1nc2c(Sc3ccccc3)n[nH]c(=O)c2n1Cc1ccc(-c2ccccc2-c2nn[nH]n2)cc1. The van der Waals surface area contributed by atoms with Crippen LogP contribution in [-0.2, 0) is 13.0 Å². The van der Waals surface area contributed by atoms with Crippen LogP contribution in [0.1, 0.15) is 31.2 Å². The lowest BCUT2D eigenvalue weighted by Gasteiger charge is -2.11. The van der Waals surface area contributed by atoms with Gasteiger partial charge in [0.05, 0.1) is 0 Å². The van der Waals surface area contributed by atoms with Crippen LogP contribution in [-0.4, -0.2) is 40.4 Å². The predicted molar refractivity (Wildman–Crippen MR) is 151 cm³/mol. The van der Waals surface area contributed by atoms with Crippen LogP contribution in [0.15, 0.2) is 93.6 Å². The molecule has 3 heterocycles. The van der Waals surface area contributed by atoms with Gasteiger partial charge in [-0.05, 0) is 40.5 Å². The van der Waals surface area contributed by atoms with Crippen LogP contribution in [0.2, 0.25) is 0 Å². The molecule has 0 saturated heterocycles. The second kappa shape index (κ2) is 11.0. The molecular weight excluding hydrogens is 508 g/mol. The van der Waals surface area contributed by atoms with Crippen molar-refractivity contribution in [2.45, 2.75) is 42.7 Å². The Balaban J connectivity index is 1.36. The van der Waals surface area contributed by atoms with Crippen LogP contribution in [0.4, 0.5) is 0 Å². The Morgan fingerprint density at radius 2 is 1.67 bits per heavy atom. The van der Waals surface area contributed by atoms with Crippen LogP contribution in [0.25, 0.3) is 33.5 Å². The zero-order valence-corrected chi connectivity index (χ0v) is 22.2. The first-order valence-electron chi connectivity index (χ1n) is 12.8. The Kier molecular flexibility index (Phi) is 7.01. The van der Waals surface area contributed by atoms with Gasteiger partial charge in [-0.3, -0.25) is 4.79 Å². The number of aryl methyl sites for hydroxylation is 1. The molecule has 0 saturated carbocycles. The summed E-state index contributed by atoms with van der Waals surface area (Å²) in [6.45, 7) is 2.69. The Morgan fingerprint density at radius 3 is 2.41 bits per heavy atom. The fourth-order valence-electron chi connectivity index (χ4n) is 4.63. The highest BCUT2D eigenvalue weighted by Crippen LogP contribution is 2.32. The van der Waals surface area contributed by atoms with E-state index in [1.54, 1.807) is 0 Å². The summed E-state index contributed by atoms with van der Waals surface area (Å²) in [5, 5.41) is 22.3. The molecule has 6 aromatic rings. The molecule has 6 rings (SSSR count). The molecule has 2 N–H and O–H groups in total. The summed E-state index contributed by atoms with van der Waals surface area (Å²) in [5.74, 6) is 1.45. The zero-order valence-electron chi connectivity index (χ0n) is 21.3. The fraction of sp³-hybridized carbons (Fsp3) is 0.172. The predicted octanol–water partition coefficient (Wildman–Crippen LogP) is 5.51. The van der Waals surface area contributed by atoms with Gasteiger partial charge in [0.1, 0.15) is 21.9 Å². The van der Waals surface area contributed by atoms with Crippen molar-refractivity contribution in [2.24, 2.45) is 0 Å². The molecule has 10 heteroatoms. The van der Waals surface area contributed by atoms with Crippen molar-refractivity contribution in [3.63, 3.8) is 0 Å². The summed E-state index contributed by atoms with van der Waals surface area (Å²) in [5.41, 5.74) is 5.01. The topological polar surface area (TPSA) is 118 Å². The van der Waals surface area contributed by atoms with E-state index in [-0.39, 0.29) is 5.56 Å². The highest BCUT2D eigenvalue weighted by atomic mass is 32.2. The van der Waals surface area contributed by atoms with Gasteiger partial charge in [-0.25, -0.2) is 10.1 Å². The van der Waals surface area contributed by atoms with E-state index < -0.39 is 0 Å². The van der Waals surface area contributed by atoms with E-state index in [4.69, 9.17) is 4.98 Å². The normalized spacial score (nSPS) is 11.3. The minimum Gasteiger partial charge on any atom is -0.319 e.